The van der Waals surface area contributed by atoms with Gasteiger partial charge in [-0.1, -0.05) is 23.8 Å². The number of amides is 1. The first kappa shape index (κ1) is 19.1. The lowest BCUT2D eigenvalue weighted by Crippen LogP contribution is -2.15. The van der Waals surface area contributed by atoms with E-state index in [1.807, 2.05) is 20.8 Å². The quantitative estimate of drug-likeness (QED) is 0.700. The summed E-state index contributed by atoms with van der Waals surface area (Å²) in [5, 5.41) is 15.0. The zero-order chi connectivity index (χ0) is 20.3. The molecule has 28 heavy (non-hydrogen) atoms. The molecule has 0 radical (unpaired) electrons. The number of rotatable bonds is 4. The second-order valence-corrected chi connectivity index (χ2v) is 6.76. The van der Waals surface area contributed by atoms with Crippen molar-refractivity contribution in [2.24, 2.45) is 0 Å². The number of carbonyl (C=O) groups excluding carboxylic acids is 1. The summed E-state index contributed by atoms with van der Waals surface area (Å²) in [6.07, 6.45) is 0. The summed E-state index contributed by atoms with van der Waals surface area (Å²) < 4.78 is 0. The third kappa shape index (κ3) is 4.33. The molecule has 3 rings (SSSR count). The highest BCUT2D eigenvalue weighted by Gasteiger charge is 2.13. The minimum Gasteiger partial charge on any atom is -0.324 e. The van der Waals surface area contributed by atoms with Gasteiger partial charge in [-0.15, -0.1) is 0 Å². The maximum atomic E-state index is 12.6. The highest BCUT2D eigenvalue weighted by atomic mass is 16.1. The highest BCUT2D eigenvalue weighted by Crippen LogP contribution is 2.24. The SMILES string of the molecule is Cc1cc(C)c(Nc2nc(C)cc(C(=O)Nc3cccc(C#N)c3)n2)c(C)c1. The lowest BCUT2D eigenvalue weighted by molar-refractivity contribution is 0.102. The molecule has 0 atom stereocenters. The van der Waals surface area contributed by atoms with Crippen LogP contribution in [0.15, 0.2) is 42.5 Å². The second-order valence-electron chi connectivity index (χ2n) is 6.76. The molecule has 0 fully saturated rings. The van der Waals surface area contributed by atoms with E-state index >= 15 is 0 Å². The predicted octanol–water partition coefficient (Wildman–Crippen LogP) is 4.58. The van der Waals surface area contributed by atoms with Crippen LogP contribution in [0.3, 0.4) is 0 Å². The van der Waals surface area contributed by atoms with Crippen LogP contribution in [0.1, 0.15) is 38.4 Å². The van der Waals surface area contributed by atoms with E-state index in [1.165, 1.54) is 5.56 Å². The lowest BCUT2D eigenvalue weighted by atomic mass is 10.1. The summed E-state index contributed by atoms with van der Waals surface area (Å²) in [4.78, 5) is 21.4. The molecule has 1 heterocycles. The maximum absolute atomic E-state index is 12.6. The van der Waals surface area contributed by atoms with Gasteiger partial charge in [0.1, 0.15) is 5.69 Å². The Bertz CT molecular complexity index is 1080. The third-order valence-electron chi connectivity index (χ3n) is 4.25. The number of nitrogens with one attached hydrogen (secondary N) is 2. The third-order valence-corrected chi connectivity index (χ3v) is 4.25. The molecule has 0 aliphatic rings. The van der Waals surface area contributed by atoms with Gasteiger partial charge < -0.3 is 10.6 Å². The van der Waals surface area contributed by atoms with Crippen LogP contribution in [0.4, 0.5) is 17.3 Å². The number of aromatic nitrogens is 2. The second kappa shape index (κ2) is 7.89. The van der Waals surface area contributed by atoms with Gasteiger partial charge in [-0.2, -0.15) is 5.26 Å². The van der Waals surface area contributed by atoms with E-state index in [0.717, 1.165) is 16.8 Å². The van der Waals surface area contributed by atoms with Crippen molar-refractivity contribution in [1.82, 2.24) is 9.97 Å². The maximum Gasteiger partial charge on any atom is 0.274 e. The lowest BCUT2D eigenvalue weighted by Gasteiger charge is -2.14. The van der Waals surface area contributed by atoms with E-state index in [2.05, 4.69) is 45.7 Å². The number of nitriles is 1. The molecule has 1 aromatic heterocycles. The molecule has 1 amide bonds. The van der Waals surface area contributed by atoms with E-state index in [1.54, 1.807) is 30.3 Å². The topological polar surface area (TPSA) is 90.7 Å². The van der Waals surface area contributed by atoms with Gasteiger partial charge in [0.15, 0.2) is 0 Å². The first-order valence-electron chi connectivity index (χ1n) is 8.88. The Labute approximate surface area is 164 Å². The Kier molecular flexibility index (Phi) is 5.37. The monoisotopic (exact) mass is 371 g/mol. The van der Waals surface area contributed by atoms with Crippen molar-refractivity contribution in [2.45, 2.75) is 27.7 Å². The van der Waals surface area contributed by atoms with Crippen LogP contribution in [0.25, 0.3) is 0 Å². The minimum absolute atomic E-state index is 0.250. The van der Waals surface area contributed by atoms with Crippen molar-refractivity contribution in [1.29, 1.82) is 5.26 Å². The number of hydrogen-bond acceptors (Lipinski definition) is 5. The summed E-state index contributed by atoms with van der Waals surface area (Å²) in [5.74, 6) is 0.00645. The Morgan fingerprint density at radius 2 is 1.71 bits per heavy atom. The Morgan fingerprint density at radius 1 is 1.00 bits per heavy atom. The fourth-order valence-electron chi connectivity index (χ4n) is 3.09. The van der Waals surface area contributed by atoms with Crippen LogP contribution in [0.2, 0.25) is 0 Å². The van der Waals surface area contributed by atoms with Gasteiger partial charge in [0.2, 0.25) is 5.95 Å². The van der Waals surface area contributed by atoms with Crippen molar-refractivity contribution in [3.63, 3.8) is 0 Å². The van der Waals surface area contributed by atoms with Gasteiger partial charge in [-0.3, -0.25) is 4.79 Å². The molecular weight excluding hydrogens is 350 g/mol. The van der Waals surface area contributed by atoms with E-state index < -0.39 is 0 Å². The number of benzene rings is 2. The summed E-state index contributed by atoms with van der Waals surface area (Å²) in [6.45, 7) is 7.91. The fraction of sp³-hybridized carbons (Fsp3) is 0.182. The van der Waals surface area contributed by atoms with Crippen LogP contribution in [0.5, 0.6) is 0 Å². The number of carbonyl (C=O) groups is 1. The molecule has 0 saturated carbocycles. The standard InChI is InChI=1S/C22H21N5O/c1-13-8-14(2)20(15(3)9-13)27-22-24-16(4)10-19(26-22)21(28)25-18-7-5-6-17(11-18)12-23/h5-11H,1-4H3,(H,25,28)(H,24,26,27). The van der Waals surface area contributed by atoms with E-state index in [-0.39, 0.29) is 11.6 Å². The van der Waals surface area contributed by atoms with Gasteiger partial charge in [-0.25, -0.2) is 9.97 Å². The molecule has 0 spiro atoms. The number of aryl methyl sites for hydroxylation is 4. The van der Waals surface area contributed by atoms with Crippen LogP contribution >= 0.6 is 0 Å². The van der Waals surface area contributed by atoms with Gasteiger partial charge in [-0.05, 0) is 63.1 Å². The Balaban J connectivity index is 1.87. The van der Waals surface area contributed by atoms with E-state index in [0.29, 0.717) is 22.9 Å². The van der Waals surface area contributed by atoms with Gasteiger partial charge in [0, 0.05) is 17.1 Å². The summed E-state index contributed by atoms with van der Waals surface area (Å²) in [5.41, 5.74) is 6.23. The molecule has 0 aliphatic heterocycles. The van der Waals surface area contributed by atoms with Crippen LogP contribution in [-0.2, 0) is 0 Å². The largest absolute Gasteiger partial charge is 0.324 e. The van der Waals surface area contributed by atoms with Crippen LogP contribution in [-0.4, -0.2) is 15.9 Å². The molecule has 2 aromatic carbocycles. The van der Waals surface area contributed by atoms with Crippen molar-refractivity contribution in [3.05, 3.63) is 76.1 Å². The van der Waals surface area contributed by atoms with Crippen molar-refractivity contribution in [2.75, 3.05) is 10.6 Å². The van der Waals surface area contributed by atoms with Crippen LogP contribution < -0.4 is 10.6 Å². The molecule has 3 aromatic rings. The highest BCUT2D eigenvalue weighted by molar-refractivity contribution is 6.03. The first-order chi connectivity index (χ1) is 13.4. The average molecular weight is 371 g/mol. The zero-order valence-corrected chi connectivity index (χ0v) is 16.3. The van der Waals surface area contributed by atoms with E-state index in [9.17, 15) is 4.79 Å². The predicted molar refractivity (Wildman–Crippen MR) is 110 cm³/mol. The molecule has 140 valence electrons. The zero-order valence-electron chi connectivity index (χ0n) is 16.3. The normalized spacial score (nSPS) is 10.2. The van der Waals surface area contributed by atoms with Crippen molar-refractivity contribution in [3.8, 4) is 6.07 Å². The van der Waals surface area contributed by atoms with Crippen molar-refractivity contribution < 1.29 is 4.79 Å². The Morgan fingerprint density at radius 3 is 2.39 bits per heavy atom. The molecule has 2 N–H and O–H groups in total. The summed E-state index contributed by atoms with van der Waals surface area (Å²) >= 11 is 0. The van der Waals surface area contributed by atoms with Gasteiger partial charge in [0.25, 0.3) is 5.91 Å². The molecule has 6 nitrogen and oxygen atoms in total. The minimum atomic E-state index is -0.360. The molecule has 0 bridgehead atoms. The number of hydrogen-bond donors (Lipinski definition) is 2. The van der Waals surface area contributed by atoms with E-state index in [4.69, 9.17) is 5.26 Å². The molecule has 0 saturated heterocycles. The summed E-state index contributed by atoms with van der Waals surface area (Å²) in [6, 6.07) is 14.6. The average Bonchev–Trinajstić information content (AvgIpc) is 2.64. The summed E-state index contributed by atoms with van der Waals surface area (Å²) in [7, 11) is 0. The van der Waals surface area contributed by atoms with Crippen LogP contribution in [0, 0.1) is 39.0 Å². The molecular formula is C22H21N5O. The fourth-order valence-corrected chi connectivity index (χ4v) is 3.09. The van der Waals surface area contributed by atoms with Gasteiger partial charge in [0.05, 0.1) is 11.6 Å². The Hall–Kier alpha value is -3.72. The smallest absolute Gasteiger partial charge is 0.274 e. The van der Waals surface area contributed by atoms with Gasteiger partial charge >= 0.3 is 0 Å². The first-order valence-corrected chi connectivity index (χ1v) is 8.88. The molecule has 0 unspecified atom stereocenters. The molecule has 0 aliphatic carbocycles. The number of anilines is 3. The molecule has 6 heteroatoms. The number of nitrogens with zero attached hydrogens (tertiary/aromatic N) is 3. The van der Waals surface area contributed by atoms with Crippen molar-refractivity contribution >= 4 is 23.2 Å².